The van der Waals surface area contributed by atoms with Crippen LogP contribution in [0.4, 0.5) is 5.69 Å². The van der Waals surface area contributed by atoms with Crippen molar-refractivity contribution in [1.82, 2.24) is 15.2 Å². The summed E-state index contributed by atoms with van der Waals surface area (Å²) in [4.78, 5) is 18.6. The van der Waals surface area contributed by atoms with Crippen LogP contribution in [0.5, 0.6) is 0 Å². The summed E-state index contributed by atoms with van der Waals surface area (Å²) in [6.07, 6.45) is 2.77. The molecular weight excluding hydrogens is 264 g/mol. The maximum Gasteiger partial charge on any atom is 0.270 e. The van der Waals surface area contributed by atoms with Gasteiger partial charge in [-0.15, -0.1) is 0 Å². The number of hydrogen-bond donors (Lipinski definition) is 2. The first-order chi connectivity index (χ1) is 10.1. The Hall–Kier alpha value is -1.62. The third-order valence-corrected chi connectivity index (χ3v) is 3.38. The predicted molar refractivity (Wildman–Crippen MR) is 87.7 cm³/mol. The molecule has 1 aromatic heterocycles. The second kappa shape index (κ2) is 9.34. The molecule has 0 saturated heterocycles. The van der Waals surface area contributed by atoms with E-state index < -0.39 is 0 Å². The van der Waals surface area contributed by atoms with E-state index in [1.54, 1.807) is 12.3 Å². The molecule has 1 unspecified atom stereocenters. The molecule has 0 aliphatic heterocycles. The first-order valence-electron chi connectivity index (χ1n) is 7.83. The van der Waals surface area contributed by atoms with E-state index in [4.69, 9.17) is 0 Å². The third-order valence-electron chi connectivity index (χ3n) is 3.38. The number of rotatable bonds is 9. The molecule has 2 N–H and O–H groups in total. The molecule has 1 amide bonds. The van der Waals surface area contributed by atoms with Crippen LogP contribution in [0.1, 0.15) is 44.6 Å². The third kappa shape index (κ3) is 6.12. The number of carbonyl (C=O) groups excluding carboxylic acids is 1. The van der Waals surface area contributed by atoms with Crippen molar-refractivity contribution >= 4 is 11.6 Å². The van der Waals surface area contributed by atoms with Crippen molar-refractivity contribution in [2.75, 3.05) is 31.5 Å². The summed E-state index contributed by atoms with van der Waals surface area (Å²) in [6.45, 7) is 12.1. The summed E-state index contributed by atoms with van der Waals surface area (Å²) < 4.78 is 0. The van der Waals surface area contributed by atoms with Crippen molar-refractivity contribution < 1.29 is 4.79 Å². The fourth-order valence-corrected chi connectivity index (χ4v) is 2.11. The van der Waals surface area contributed by atoms with E-state index in [-0.39, 0.29) is 11.9 Å². The zero-order valence-corrected chi connectivity index (χ0v) is 13.6. The summed E-state index contributed by atoms with van der Waals surface area (Å²) in [5.74, 6) is -0.114. The van der Waals surface area contributed by atoms with Crippen molar-refractivity contribution in [3.8, 4) is 0 Å². The van der Waals surface area contributed by atoms with E-state index >= 15 is 0 Å². The molecule has 5 nitrogen and oxygen atoms in total. The molecule has 0 aromatic carbocycles. The molecule has 0 radical (unpaired) electrons. The summed E-state index contributed by atoms with van der Waals surface area (Å²) >= 11 is 0. The van der Waals surface area contributed by atoms with Crippen molar-refractivity contribution in [1.29, 1.82) is 0 Å². The summed E-state index contributed by atoms with van der Waals surface area (Å²) in [7, 11) is 0. The van der Waals surface area contributed by atoms with Crippen LogP contribution in [0.2, 0.25) is 0 Å². The number of amides is 1. The Balaban J connectivity index is 2.51. The number of aromatic nitrogens is 1. The van der Waals surface area contributed by atoms with Crippen LogP contribution in [0.15, 0.2) is 18.3 Å². The van der Waals surface area contributed by atoms with Crippen molar-refractivity contribution in [3.05, 3.63) is 24.0 Å². The van der Waals surface area contributed by atoms with Gasteiger partial charge in [0.05, 0.1) is 11.9 Å². The fourth-order valence-electron chi connectivity index (χ4n) is 2.11. The normalized spacial score (nSPS) is 12.2. The minimum atomic E-state index is -0.114. The van der Waals surface area contributed by atoms with E-state index in [9.17, 15) is 4.79 Å². The van der Waals surface area contributed by atoms with Gasteiger partial charge in [-0.3, -0.25) is 4.79 Å². The lowest BCUT2D eigenvalue weighted by Crippen LogP contribution is -2.42. The van der Waals surface area contributed by atoms with Crippen molar-refractivity contribution in [3.63, 3.8) is 0 Å². The number of hydrogen-bond acceptors (Lipinski definition) is 4. The molecule has 1 atom stereocenters. The van der Waals surface area contributed by atoms with E-state index in [1.165, 1.54) is 0 Å². The average molecular weight is 292 g/mol. The Morgan fingerprint density at radius 1 is 1.29 bits per heavy atom. The Kier molecular flexibility index (Phi) is 7.75. The highest BCUT2D eigenvalue weighted by Gasteiger charge is 2.12. The molecule has 0 saturated carbocycles. The predicted octanol–water partition coefficient (Wildman–Crippen LogP) is 2.36. The van der Waals surface area contributed by atoms with Crippen LogP contribution < -0.4 is 10.6 Å². The molecule has 0 spiro atoms. The lowest BCUT2D eigenvalue weighted by molar-refractivity contribution is 0.0925. The van der Waals surface area contributed by atoms with Crippen molar-refractivity contribution in [2.24, 2.45) is 0 Å². The minimum absolute atomic E-state index is 0.108. The van der Waals surface area contributed by atoms with Gasteiger partial charge in [0.25, 0.3) is 5.91 Å². The van der Waals surface area contributed by atoms with Crippen molar-refractivity contribution in [2.45, 2.75) is 40.2 Å². The molecule has 0 aliphatic carbocycles. The molecule has 21 heavy (non-hydrogen) atoms. The van der Waals surface area contributed by atoms with Crippen LogP contribution in [0.25, 0.3) is 0 Å². The number of nitrogens with one attached hydrogen (secondary N) is 2. The zero-order chi connectivity index (χ0) is 15.7. The molecule has 0 fully saturated rings. The van der Waals surface area contributed by atoms with E-state index in [2.05, 4.69) is 41.3 Å². The van der Waals surface area contributed by atoms with Gasteiger partial charge in [0, 0.05) is 19.1 Å². The summed E-state index contributed by atoms with van der Waals surface area (Å²) in [5, 5.41) is 6.24. The van der Waals surface area contributed by atoms with Gasteiger partial charge in [0.2, 0.25) is 0 Å². The Bertz CT molecular complexity index is 415. The molecule has 0 aliphatic rings. The van der Waals surface area contributed by atoms with Gasteiger partial charge in [-0.2, -0.15) is 0 Å². The molecule has 118 valence electrons. The lowest BCUT2D eigenvalue weighted by atomic mass is 10.2. The highest BCUT2D eigenvalue weighted by molar-refractivity contribution is 5.92. The monoisotopic (exact) mass is 292 g/mol. The zero-order valence-electron chi connectivity index (χ0n) is 13.6. The minimum Gasteiger partial charge on any atom is -0.384 e. The highest BCUT2D eigenvalue weighted by atomic mass is 16.1. The lowest BCUT2D eigenvalue weighted by Gasteiger charge is -2.23. The van der Waals surface area contributed by atoms with Gasteiger partial charge < -0.3 is 15.5 Å². The van der Waals surface area contributed by atoms with E-state index in [1.807, 2.05) is 13.0 Å². The summed E-state index contributed by atoms with van der Waals surface area (Å²) in [6, 6.07) is 3.77. The van der Waals surface area contributed by atoms with Crippen LogP contribution in [0, 0.1) is 0 Å². The van der Waals surface area contributed by atoms with Gasteiger partial charge in [-0.1, -0.05) is 20.8 Å². The second-order valence-corrected chi connectivity index (χ2v) is 5.22. The quantitative estimate of drug-likeness (QED) is 0.733. The highest BCUT2D eigenvalue weighted by Crippen LogP contribution is 2.06. The smallest absolute Gasteiger partial charge is 0.270 e. The topological polar surface area (TPSA) is 57.3 Å². The molecular formula is C16H28N4O. The molecule has 0 bridgehead atoms. The molecule has 1 heterocycles. The maximum absolute atomic E-state index is 12.1. The molecule has 1 rings (SSSR count). The molecule has 1 aromatic rings. The number of anilines is 1. The van der Waals surface area contributed by atoms with Gasteiger partial charge >= 0.3 is 0 Å². The Morgan fingerprint density at radius 3 is 2.52 bits per heavy atom. The standard InChI is InChI=1S/C16H28N4O/c1-5-10-17-14-8-9-15(18-11-14)16(21)19-13(4)12-20(6-2)7-3/h8-9,11,13,17H,5-7,10,12H2,1-4H3,(H,19,21). The SMILES string of the molecule is CCCNc1ccc(C(=O)NC(C)CN(CC)CC)nc1. The first kappa shape index (κ1) is 17.4. The summed E-state index contributed by atoms with van der Waals surface area (Å²) in [5.41, 5.74) is 1.41. The largest absolute Gasteiger partial charge is 0.384 e. The van der Waals surface area contributed by atoms with E-state index in [0.29, 0.717) is 5.69 Å². The van der Waals surface area contributed by atoms with Crippen LogP contribution >= 0.6 is 0 Å². The average Bonchev–Trinajstić information content (AvgIpc) is 2.50. The number of carbonyl (C=O) groups is 1. The number of likely N-dealkylation sites (N-methyl/N-ethyl adjacent to an activating group) is 1. The fraction of sp³-hybridized carbons (Fsp3) is 0.625. The molecule has 5 heteroatoms. The Morgan fingerprint density at radius 2 is 2.00 bits per heavy atom. The maximum atomic E-state index is 12.1. The van der Waals surface area contributed by atoms with Gasteiger partial charge in [0.15, 0.2) is 0 Å². The van der Waals surface area contributed by atoms with Gasteiger partial charge in [-0.25, -0.2) is 4.98 Å². The second-order valence-electron chi connectivity index (χ2n) is 5.22. The van der Waals surface area contributed by atoms with Crippen LogP contribution in [0.3, 0.4) is 0 Å². The Labute approximate surface area is 128 Å². The van der Waals surface area contributed by atoms with Crippen LogP contribution in [-0.4, -0.2) is 48.0 Å². The number of pyridine rings is 1. The first-order valence-corrected chi connectivity index (χ1v) is 7.83. The van der Waals surface area contributed by atoms with Gasteiger partial charge in [-0.05, 0) is 38.6 Å². The van der Waals surface area contributed by atoms with Gasteiger partial charge in [0.1, 0.15) is 5.69 Å². The van der Waals surface area contributed by atoms with Crippen LogP contribution in [-0.2, 0) is 0 Å². The number of nitrogens with zero attached hydrogens (tertiary/aromatic N) is 2. The van der Waals surface area contributed by atoms with E-state index in [0.717, 1.165) is 38.3 Å².